The molecule has 5 aromatic rings. The van der Waals surface area contributed by atoms with Crippen LogP contribution in [0, 0.1) is 0 Å². The summed E-state index contributed by atoms with van der Waals surface area (Å²) in [7, 11) is 0. The molecule has 5 nitrogen and oxygen atoms in total. The Hall–Kier alpha value is -3.51. The fourth-order valence-corrected chi connectivity index (χ4v) is 3.65. The molecule has 0 aliphatic heterocycles. The molecule has 6 heteroatoms. The third-order valence-electron chi connectivity index (χ3n) is 4.12. The lowest BCUT2D eigenvalue weighted by molar-refractivity contribution is 0.623. The number of rotatable bonds is 4. The van der Waals surface area contributed by atoms with Gasteiger partial charge in [-0.3, -0.25) is 4.98 Å². The van der Waals surface area contributed by atoms with Crippen LogP contribution < -0.4 is 5.32 Å². The monoisotopic (exact) mass is 370 g/mol. The molecule has 0 aliphatic carbocycles. The molecule has 1 N–H and O–H groups in total. The summed E-state index contributed by atoms with van der Waals surface area (Å²) in [5.41, 5.74) is 5.47. The molecule has 0 aliphatic rings. The highest BCUT2D eigenvalue weighted by Crippen LogP contribution is 2.30. The molecular formula is C21H14N4OS. The van der Waals surface area contributed by atoms with Crippen molar-refractivity contribution in [2.45, 2.75) is 0 Å². The van der Waals surface area contributed by atoms with Gasteiger partial charge < -0.3 is 9.73 Å². The molecule has 130 valence electrons. The number of benzene rings is 2. The largest absolute Gasteiger partial charge is 0.423 e. The molecule has 0 radical (unpaired) electrons. The maximum absolute atomic E-state index is 5.74. The zero-order chi connectivity index (χ0) is 18.1. The van der Waals surface area contributed by atoms with Crippen LogP contribution in [0.4, 0.5) is 11.7 Å². The number of oxazole rings is 1. The molecule has 0 fully saturated rings. The fourth-order valence-electron chi connectivity index (χ4n) is 2.83. The average Bonchev–Trinajstić information content (AvgIpc) is 3.36. The quantitative estimate of drug-likeness (QED) is 0.436. The van der Waals surface area contributed by atoms with Gasteiger partial charge in [-0.15, -0.1) is 11.3 Å². The number of fused-ring (bicyclic) bond motifs is 1. The summed E-state index contributed by atoms with van der Waals surface area (Å²) < 4.78 is 5.74. The Balaban J connectivity index is 1.43. The van der Waals surface area contributed by atoms with Gasteiger partial charge in [0.25, 0.3) is 6.01 Å². The van der Waals surface area contributed by atoms with Crippen molar-refractivity contribution in [1.29, 1.82) is 0 Å². The number of nitrogens with one attached hydrogen (secondary N) is 1. The second-order valence-electron chi connectivity index (χ2n) is 5.97. The number of hydrogen-bond donors (Lipinski definition) is 1. The van der Waals surface area contributed by atoms with Crippen LogP contribution in [0.5, 0.6) is 0 Å². The topological polar surface area (TPSA) is 63.8 Å². The smallest absolute Gasteiger partial charge is 0.300 e. The van der Waals surface area contributed by atoms with Crippen LogP contribution in [0.25, 0.3) is 32.9 Å². The third-order valence-corrected chi connectivity index (χ3v) is 5.01. The molecule has 0 spiro atoms. The van der Waals surface area contributed by atoms with Gasteiger partial charge in [0, 0.05) is 34.6 Å². The van der Waals surface area contributed by atoms with Gasteiger partial charge in [0.1, 0.15) is 10.5 Å². The van der Waals surface area contributed by atoms with Gasteiger partial charge in [0.05, 0.1) is 5.69 Å². The Kier molecular flexibility index (Phi) is 3.88. The molecule has 0 amide bonds. The molecule has 3 aromatic heterocycles. The minimum absolute atomic E-state index is 0.475. The van der Waals surface area contributed by atoms with E-state index in [0.29, 0.717) is 6.01 Å². The standard InChI is InChI=1S/C21H14N4OS/c1-2-9-19-17(8-1)25-21(26-19)23-16-7-3-5-14(11-16)18-13-27-20(24-18)15-6-4-10-22-12-15/h1-13H,(H,23,25). The highest BCUT2D eigenvalue weighted by atomic mass is 32.1. The van der Waals surface area contributed by atoms with Crippen LogP contribution in [0.1, 0.15) is 0 Å². The molecule has 0 saturated carbocycles. The summed E-state index contributed by atoms with van der Waals surface area (Å²) in [6, 6.07) is 20.2. The number of para-hydroxylation sites is 2. The first-order chi connectivity index (χ1) is 13.3. The lowest BCUT2D eigenvalue weighted by atomic mass is 10.1. The maximum atomic E-state index is 5.74. The molecule has 0 saturated heterocycles. The predicted octanol–water partition coefficient (Wildman–Crippen LogP) is 5.76. The van der Waals surface area contributed by atoms with Crippen LogP contribution in [0.3, 0.4) is 0 Å². The van der Waals surface area contributed by atoms with Crippen molar-refractivity contribution in [2.75, 3.05) is 5.32 Å². The predicted molar refractivity (Wildman–Crippen MR) is 108 cm³/mol. The highest BCUT2D eigenvalue weighted by Gasteiger charge is 2.09. The normalized spacial score (nSPS) is 11.0. The number of anilines is 2. The van der Waals surface area contributed by atoms with E-state index in [9.17, 15) is 0 Å². The van der Waals surface area contributed by atoms with Gasteiger partial charge in [-0.2, -0.15) is 4.98 Å². The summed E-state index contributed by atoms with van der Waals surface area (Å²) in [5, 5.41) is 6.24. The molecule has 0 atom stereocenters. The molecule has 27 heavy (non-hydrogen) atoms. The Morgan fingerprint density at radius 1 is 0.889 bits per heavy atom. The van der Waals surface area contributed by atoms with Gasteiger partial charge in [-0.1, -0.05) is 24.3 Å². The Morgan fingerprint density at radius 3 is 2.70 bits per heavy atom. The minimum Gasteiger partial charge on any atom is -0.423 e. The minimum atomic E-state index is 0.475. The van der Waals surface area contributed by atoms with Gasteiger partial charge in [0.2, 0.25) is 0 Å². The summed E-state index contributed by atoms with van der Waals surface area (Å²) in [4.78, 5) is 13.4. The first kappa shape index (κ1) is 15.7. The summed E-state index contributed by atoms with van der Waals surface area (Å²) in [5.74, 6) is 0. The van der Waals surface area contributed by atoms with E-state index in [2.05, 4.69) is 20.7 Å². The third kappa shape index (κ3) is 3.18. The van der Waals surface area contributed by atoms with E-state index in [1.807, 2.05) is 66.9 Å². The van der Waals surface area contributed by atoms with E-state index in [1.54, 1.807) is 17.5 Å². The number of hydrogen-bond acceptors (Lipinski definition) is 6. The second kappa shape index (κ2) is 6.66. The van der Waals surface area contributed by atoms with E-state index in [0.717, 1.165) is 38.6 Å². The van der Waals surface area contributed by atoms with E-state index in [4.69, 9.17) is 9.40 Å². The van der Waals surface area contributed by atoms with Crippen molar-refractivity contribution < 1.29 is 4.42 Å². The highest BCUT2D eigenvalue weighted by molar-refractivity contribution is 7.13. The van der Waals surface area contributed by atoms with Crippen molar-refractivity contribution >= 4 is 34.1 Å². The SMILES string of the molecule is c1cc(Nc2nc3ccccc3o2)cc(-c2csc(-c3cccnc3)n2)c1. The van der Waals surface area contributed by atoms with Crippen molar-refractivity contribution in [2.24, 2.45) is 0 Å². The molecule has 5 rings (SSSR count). The van der Waals surface area contributed by atoms with E-state index in [1.165, 1.54) is 0 Å². The molecule has 0 bridgehead atoms. The van der Waals surface area contributed by atoms with Crippen molar-refractivity contribution in [1.82, 2.24) is 15.0 Å². The van der Waals surface area contributed by atoms with E-state index in [-0.39, 0.29) is 0 Å². The Morgan fingerprint density at radius 2 is 1.81 bits per heavy atom. The van der Waals surface area contributed by atoms with Gasteiger partial charge in [0.15, 0.2) is 5.58 Å². The van der Waals surface area contributed by atoms with Crippen molar-refractivity contribution in [3.05, 3.63) is 78.4 Å². The van der Waals surface area contributed by atoms with E-state index >= 15 is 0 Å². The van der Waals surface area contributed by atoms with Gasteiger partial charge >= 0.3 is 0 Å². The van der Waals surface area contributed by atoms with Crippen LogP contribution >= 0.6 is 11.3 Å². The molecule has 3 heterocycles. The zero-order valence-electron chi connectivity index (χ0n) is 14.2. The van der Waals surface area contributed by atoms with Crippen LogP contribution in [-0.2, 0) is 0 Å². The molecule has 2 aromatic carbocycles. The fraction of sp³-hybridized carbons (Fsp3) is 0. The number of nitrogens with zero attached hydrogens (tertiary/aromatic N) is 3. The van der Waals surface area contributed by atoms with Crippen molar-refractivity contribution in [3.8, 4) is 21.8 Å². The molecular weight excluding hydrogens is 356 g/mol. The number of thiazole rings is 1. The average molecular weight is 370 g/mol. The van der Waals surface area contributed by atoms with Crippen LogP contribution in [0.15, 0.2) is 82.9 Å². The first-order valence-corrected chi connectivity index (χ1v) is 9.32. The summed E-state index contributed by atoms with van der Waals surface area (Å²) >= 11 is 1.61. The number of pyridine rings is 1. The Bertz CT molecular complexity index is 1180. The Labute approximate surface area is 159 Å². The first-order valence-electron chi connectivity index (χ1n) is 8.44. The van der Waals surface area contributed by atoms with Crippen LogP contribution in [-0.4, -0.2) is 15.0 Å². The number of aromatic nitrogens is 3. The second-order valence-corrected chi connectivity index (χ2v) is 6.83. The zero-order valence-corrected chi connectivity index (χ0v) is 15.0. The van der Waals surface area contributed by atoms with Crippen molar-refractivity contribution in [3.63, 3.8) is 0 Å². The van der Waals surface area contributed by atoms with Gasteiger partial charge in [-0.25, -0.2) is 4.98 Å². The summed E-state index contributed by atoms with van der Waals surface area (Å²) in [6.45, 7) is 0. The van der Waals surface area contributed by atoms with Gasteiger partial charge in [-0.05, 0) is 36.4 Å². The molecule has 0 unspecified atom stereocenters. The maximum Gasteiger partial charge on any atom is 0.300 e. The summed E-state index contributed by atoms with van der Waals surface area (Å²) in [6.07, 6.45) is 3.59. The lowest BCUT2D eigenvalue weighted by Gasteiger charge is -2.03. The van der Waals surface area contributed by atoms with E-state index < -0.39 is 0 Å². The van der Waals surface area contributed by atoms with Crippen LogP contribution in [0.2, 0.25) is 0 Å². The lowest BCUT2D eigenvalue weighted by Crippen LogP contribution is -1.90.